The van der Waals surface area contributed by atoms with Crippen molar-refractivity contribution in [3.8, 4) is 0 Å². The molecule has 1 aromatic carbocycles. The average molecular weight is 318 g/mol. The zero-order chi connectivity index (χ0) is 17.1. The molecule has 6 nitrogen and oxygen atoms in total. The number of hydrogen-bond acceptors (Lipinski definition) is 4. The number of aryl methyl sites for hydroxylation is 1. The lowest BCUT2D eigenvalue weighted by atomic mass is 10.0. The Hall–Kier alpha value is -2.37. The monoisotopic (exact) mass is 318 g/mol. The summed E-state index contributed by atoms with van der Waals surface area (Å²) >= 11 is 0. The number of amides is 2. The van der Waals surface area contributed by atoms with Gasteiger partial charge in [0.1, 0.15) is 0 Å². The number of nitrogens with zero attached hydrogens (tertiary/aromatic N) is 1. The van der Waals surface area contributed by atoms with Crippen LogP contribution in [0.5, 0.6) is 0 Å². The maximum Gasteiger partial charge on any atom is 0.340 e. The van der Waals surface area contributed by atoms with E-state index in [2.05, 4.69) is 5.32 Å². The van der Waals surface area contributed by atoms with Crippen molar-refractivity contribution in [2.75, 3.05) is 19.0 Å². The van der Waals surface area contributed by atoms with Gasteiger partial charge in [0.2, 0.25) is 11.8 Å². The number of nitrogens with one attached hydrogen (secondary N) is 1. The van der Waals surface area contributed by atoms with E-state index in [4.69, 9.17) is 4.74 Å². The molecule has 0 saturated carbocycles. The topological polar surface area (TPSA) is 75.7 Å². The zero-order valence-corrected chi connectivity index (χ0v) is 13.9. The van der Waals surface area contributed by atoms with Gasteiger partial charge in [0.25, 0.3) is 0 Å². The summed E-state index contributed by atoms with van der Waals surface area (Å²) in [5.74, 6) is -1.17. The molecular formula is C17H22N2O4. The van der Waals surface area contributed by atoms with Crippen LogP contribution in [0.25, 0.3) is 0 Å². The number of likely N-dealkylation sites (tertiary alicyclic amines) is 1. The Morgan fingerprint density at radius 2 is 2.04 bits per heavy atom. The van der Waals surface area contributed by atoms with Crippen LogP contribution in [0, 0.1) is 12.8 Å². The number of carbonyl (C=O) groups excluding carboxylic acids is 3. The molecule has 2 amide bonds. The first-order chi connectivity index (χ1) is 10.8. The highest BCUT2D eigenvalue weighted by molar-refractivity contribution is 6.04. The van der Waals surface area contributed by atoms with Crippen molar-refractivity contribution in [3.05, 3.63) is 29.3 Å². The maximum absolute atomic E-state index is 12.5. The molecule has 2 rings (SSSR count). The van der Waals surface area contributed by atoms with Gasteiger partial charge in [-0.2, -0.15) is 0 Å². The van der Waals surface area contributed by atoms with Crippen LogP contribution in [0.4, 0.5) is 5.69 Å². The highest BCUT2D eigenvalue weighted by atomic mass is 16.5. The summed E-state index contributed by atoms with van der Waals surface area (Å²) in [7, 11) is 1.30. The maximum atomic E-state index is 12.5. The van der Waals surface area contributed by atoms with E-state index in [1.807, 2.05) is 13.8 Å². The molecule has 1 atom stereocenters. The summed E-state index contributed by atoms with van der Waals surface area (Å²) in [6.45, 7) is 6.03. The molecule has 1 N–H and O–H groups in total. The molecule has 1 fully saturated rings. The SMILES string of the molecule is COC(=O)c1c(C)cccc1NC(=O)[C@H]1CC(=O)N(C(C)C)C1. The van der Waals surface area contributed by atoms with Gasteiger partial charge in [0.15, 0.2) is 0 Å². The fourth-order valence-electron chi connectivity index (χ4n) is 2.79. The van der Waals surface area contributed by atoms with E-state index in [0.29, 0.717) is 17.8 Å². The predicted octanol–water partition coefficient (Wildman–Crippen LogP) is 1.98. The van der Waals surface area contributed by atoms with Gasteiger partial charge in [-0.25, -0.2) is 4.79 Å². The Morgan fingerprint density at radius 3 is 2.61 bits per heavy atom. The molecule has 1 saturated heterocycles. The second-order valence-electron chi connectivity index (χ2n) is 6.02. The first-order valence-corrected chi connectivity index (χ1v) is 7.63. The van der Waals surface area contributed by atoms with Gasteiger partial charge in [0.05, 0.1) is 24.3 Å². The Morgan fingerprint density at radius 1 is 1.35 bits per heavy atom. The van der Waals surface area contributed by atoms with E-state index < -0.39 is 11.9 Å². The smallest absolute Gasteiger partial charge is 0.340 e. The quantitative estimate of drug-likeness (QED) is 0.861. The lowest BCUT2D eigenvalue weighted by Crippen LogP contribution is -2.33. The van der Waals surface area contributed by atoms with E-state index in [1.165, 1.54) is 7.11 Å². The number of ether oxygens (including phenoxy) is 1. The Bertz CT molecular complexity index is 639. The van der Waals surface area contributed by atoms with Crippen LogP contribution in [-0.4, -0.2) is 42.4 Å². The lowest BCUT2D eigenvalue weighted by molar-refractivity contribution is -0.129. The number of hydrogen-bond donors (Lipinski definition) is 1. The zero-order valence-electron chi connectivity index (χ0n) is 13.9. The molecule has 1 aliphatic heterocycles. The molecule has 0 aliphatic carbocycles. The second kappa shape index (κ2) is 6.81. The first kappa shape index (κ1) is 17.0. The normalized spacial score (nSPS) is 17.5. The molecule has 1 aliphatic rings. The molecule has 0 radical (unpaired) electrons. The Labute approximate surface area is 135 Å². The molecule has 23 heavy (non-hydrogen) atoms. The van der Waals surface area contributed by atoms with Crippen LogP contribution in [0.3, 0.4) is 0 Å². The van der Waals surface area contributed by atoms with Crippen molar-refractivity contribution in [2.24, 2.45) is 5.92 Å². The molecule has 0 unspecified atom stereocenters. The van der Waals surface area contributed by atoms with Gasteiger partial charge >= 0.3 is 5.97 Å². The minimum atomic E-state index is -0.496. The van der Waals surface area contributed by atoms with Crippen LogP contribution in [0.15, 0.2) is 18.2 Å². The third-order valence-corrected chi connectivity index (χ3v) is 4.07. The summed E-state index contributed by atoms with van der Waals surface area (Å²) in [5, 5.41) is 2.77. The van der Waals surface area contributed by atoms with Crippen LogP contribution in [0.1, 0.15) is 36.2 Å². The van der Waals surface area contributed by atoms with Crippen LogP contribution in [0.2, 0.25) is 0 Å². The number of methoxy groups -OCH3 is 1. The summed E-state index contributed by atoms with van der Waals surface area (Å²) in [6.07, 6.45) is 0.198. The van der Waals surface area contributed by atoms with Gasteiger partial charge in [-0.05, 0) is 32.4 Å². The number of benzene rings is 1. The van der Waals surface area contributed by atoms with Gasteiger partial charge in [-0.3, -0.25) is 9.59 Å². The van der Waals surface area contributed by atoms with Gasteiger partial charge in [0, 0.05) is 19.0 Å². The highest BCUT2D eigenvalue weighted by Crippen LogP contribution is 2.25. The number of carbonyl (C=O) groups is 3. The minimum Gasteiger partial charge on any atom is -0.465 e. The fraction of sp³-hybridized carbons (Fsp3) is 0.471. The molecular weight excluding hydrogens is 296 g/mol. The first-order valence-electron chi connectivity index (χ1n) is 7.63. The number of esters is 1. The largest absolute Gasteiger partial charge is 0.465 e. The summed E-state index contributed by atoms with van der Waals surface area (Å²) < 4.78 is 4.78. The molecule has 0 spiro atoms. The molecule has 6 heteroatoms. The van der Waals surface area contributed by atoms with Gasteiger partial charge < -0.3 is 15.0 Å². The van der Waals surface area contributed by atoms with Crippen molar-refractivity contribution < 1.29 is 19.1 Å². The van der Waals surface area contributed by atoms with Crippen LogP contribution in [-0.2, 0) is 14.3 Å². The van der Waals surface area contributed by atoms with Gasteiger partial charge in [-0.15, -0.1) is 0 Å². The van der Waals surface area contributed by atoms with Crippen molar-refractivity contribution in [1.29, 1.82) is 0 Å². The molecule has 1 aromatic rings. The van der Waals surface area contributed by atoms with Crippen molar-refractivity contribution in [3.63, 3.8) is 0 Å². The van der Waals surface area contributed by atoms with Crippen molar-refractivity contribution in [2.45, 2.75) is 33.2 Å². The van der Waals surface area contributed by atoms with E-state index in [-0.39, 0.29) is 24.3 Å². The van der Waals surface area contributed by atoms with E-state index in [0.717, 1.165) is 5.56 Å². The van der Waals surface area contributed by atoms with Crippen molar-refractivity contribution in [1.82, 2.24) is 4.90 Å². The molecule has 0 aromatic heterocycles. The third kappa shape index (κ3) is 3.52. The van der Waals surface area contributed by atoms with E-state index >= 15 is 0 Å². The average Bonchev–Trinajstić information content (AvgIpc) is 2.89. The van der Waals surface area contributed by atoms with Crippen LogP contribution >= 0.6 is 0 Å². The van der Waals surface area contributed by atoms with Crippen molar-refractivity contribution >= 4 is 23.5 Å². The summed E-state index contributed by atoms with van der Waals surface area (Å²) in [6, 6.07) is 5.28. The minimum absolute atomic E-state index is 0.0161. The van der Waals surface area contributed by atoms with Gasteiger partial charge in [-0.1, -0.05) is 12.1 Å². The number of anilines is 1. The predicted molar refractivity (Wildman–Crippen MR) is 86.1 cm³/mol. The third-order valence-electron chi connectivity index (χ3n) is 4.07. The fourth-order valence-corrected chi connectivity index (χ4v) is 2.79. The summed E-state index contributed by atoms with van der Waals surface area (Å²) in [5.41, 5.74) is 1.48. The Kier molecular flexibility index (Phi) is 5.03. The molecule has 124 valence electrons. The lowest BCUT2D eigenvalue weighted by Gasteiger charge is -2.21. The summed E-state index contributed by atoms with van der Waals surface area (Å²) in [4.78, 5) is 38.0. The molecule has 0 bridgehead atoms. The molecule has 1 heterocycles. The Balaban J connectivity index is 2.17. The van der Waals surface area contributed by atoms with E-state index in [1.54, 1.807) is 30.0 Å². The van der Waals surface area contributed by atoms with Crippen LogP contribution < -0.4 is 5.32 Å². The van der Waals surface area contributed by atoms with E-state index in [9.17, 15) is 14.4 Å². The number of rotatable bonds is 4. The standard InChI is InChI=1S/C17H22N2O4/c1-10(2)19-9-12(8-14(19)20)16(21)18-13-7-5-6-11(3)15(13)17(22)23-4/h5-7,10,12H,8-9H2,1-4H3,(H,18,21)/t12-/m0/s1. The second-order valence-corrected chi connectivity index (χ2v) is 6.02. The highest BCUT2D eigenvalue weighted by Gasteiger charge is 2.35.